The number of thiophene rings is 1. The molecule has 1 aliphatic rings. The average Bonchev–Trinajstić information content (AvgIpc) is 3.44. The summed E-state index contributed by atoms with van der Waals surface area (Å²) in [6, 6.07) is 11.7. The standard InChI is InChI=1S/C20H20BrN3O2S/c21-16-11-22-24(12-16)17-7-5-15(6-8-17)20(25)23(13-18-3-1-9-26-18)14-19-4-2-10-27-19/h2,4-8,10-12,18H,1,3,9,13-14H2. The van der Waals surface area contributed by atoms with Gasteiger partial charge in [-0.1, -0.05) is 6.07 Å². The molecule has 3 heterocycles. The van der Waals surface area contributed by atoms with Crippen molar-refractivity contribution in [3.05, 3.63) is 69.1 Å². The molecule has 27 heavy (non-hydrogen) atoms. The molecule has 3 aromatic rings. The minimum atomic E-state index is 0.0343. The predicted octanol–water partition coefficient (Wildman–Crippen LogP) is 4.52. The molecule has 1 amide bonds. The van der Waals surface area contributed by atoms with Crippen LogP contribution in [0.2, 0.25) is 0 Å². The Labute approximate surface area is 170 Å². The highest BCUT2D eigenvalue weighted by atomic mass is 79.9. The molecule has 1 saturated heterocycles. The van der Waals surface area contributed by atoms with E-state index < -0.39 is 0 Å². The quantitative estimate of drug-likeness (QED) is 0.560. The van der Waals surface area contributed by atoms with Crippen LogP contribution >= 0.6 is 27.3 Å². The number of benzene rings is 1. The molecule has 0 spiro atoms. The smallest absolute Gasteiger partial charge is 0.254 e. The fraction of sp³-hybridized carbons (Fsp3) is 0.300. The molecule has 7 heteroatoms. The second kappa shape index (κ2) is 8.37. The van der Waals surface area contributed by atoms with Crippen LogP contribution in [-0.2, 0) is 11.3 Å². The van der Waals surface area contributed by atoms with E-state index in [1.54, 1.807) is 22.2 Å². The number of nitrogens with zero attached hydrogens (tertiary/aromatic N) is 3. The van der Waals surface area contributed by atoms with Crippen molar-refractivity contribution >= 4 is 33.2 Å². The number of ether oxygens (including phenoxy) is 1. The molecular formula is C20H20BrN3O2S. The highest BCUT2D eigenvalue weighted by Gasteiger charge is 2.24. The van der Waals surface area contributed by atoms with Gasteiger partial charge in [0.25, 0.3) is 5.91 Å². The van der Waals surface area contributed by atoms with Crippen LogP contribution in [0, 0.1) is 0 Å². The maximum atomic E-state index is 13.2. The Kier molecular flexibility index (Phi) is 5.71. The summed E-state index contributed by atoms with van der Waals surface area (Å²) >= 11 is 5.07. The second-order valence-electron chi connectivity index (χ2n) is 6.55. The Balaban J connectivity index is 1.52. The summed E-state index contributed by atoms with van der Waals surface area (Å²) in [5.74, 6) is 0.0343. The Morgan fingerprint density at radius 2 is 2.19 bits per heavy atom. The largest absolute Gasteiger partial charge is 0.376 e. The van der Waals surface area contributed by atoms with E-state index in [1.807, 2.05) is 46.8 Å². The minimum Gasteiger partial charge on any atom is -0.376 e. The van der Waals surface area contributed by atoms with Crippen molar-refractivity contribution in [1.29, 1.82) is 0 Å². The van der Waals surface area contributed by atoms with Crippen LogP contribution in [0.1, 0.15) is 28.1 Å². The van der Waals surface area contributed by atoms with Gasteiger partial charge in [-0.2, -0.15) is 5.10 Å². The van der Waals surface area contributed by atoms with E-state index in [1.165, 1.54) is 4.88 Å². The van der Waals surface area contributed by atoms with E-state index in [4.69, 9.17) is 4.74 Å². The van der Waals surface area contributed by atoms with E-state index >= 15 is 0 Å². The first-order valence-electron chi connectivity index (χ1n) is 8.93. The number of carbonyl (C=O) groups is 1. The van der Waals surface area contributed by atoms with Crippen LogP contribution in [0.15, 0.2) is 58.6 Å². The zero-order valence-electron chi connectivity index (χ0n) is 14.8. The third-order valence-electron chi connectivity index (χ3n) is 4.59. The van der Waals surface area contributed by atoms with Gasteiger partial charge in [0, 0.05) is 29.8 Å². The molecular weight excluding hydrogens is 426 g/mol. The molecule has 5 nitrogen and oxygen atoms in total. The lowest BCUT2D eigenvalue weighted by Crippen LogP contribution is -2.36. The predicted molar refractivity (Wildman–Crippen MR) is 109 cm³/mol. The van der Waals surface area contributed by atoms with Crippen molar-refractivity contribution in [2.75, 3.05) is 13.2 Å². The topological polar surface area (TPSA) is 47.4 Å². The van der Waals surface area contributed by atoms with Crippen molar-refractivity contribution in [2.45, 2.75) is 25.5 Å². The van der Waals surface area contributed by atoms with Gasteiger partial charge in [0.2, 0.25) is 0 Å². The summed E-state index contributed by atoms with van der Waals surface area (Å²) in [4.78, 5) is 16.2. The van der Waals surface area contributed by atoms with Crippen molar-refractivity contribution in [2.24, 2.45) is 0 Å². The molecule has 1 atom stereocenters. The van der Waals surface area contributed by atoms with Gasteiger partial charge < -0.3 is 9.64 Å². The molecule has 0 saturated carbocycles. The fourth-order valence-electron chi connectivity index (χ4n) is 3.23. The second-order valence-corrected chi connectivity index (χ2v) is 8.50. The van der Waals surface area contributed by atoms with Gasteiger partial charge in [-0.15, -0.1) is 11.3 Å². The van der Waals surface area contributed by atoms with Crippen molar-refractivity contribution in [3.8, 4) is 5.69 Å². The number of carbonyl (C=O) groups excluding carboxylic acids is 1. The number of amides is 1. The van der Waals surface area contributed by atoms with Gasteiger partial charge in [0.15, 0.2) is 0 Å². The number of hydrogen-bond acceptors (Lipinski definition) is 4. The third kappa shape index (κ3) is 4.48. The molecule has 2 aromatic heterocycles. The van der Waals surface area contributed by atoms with Crippen LogP contribution in [0.25, 0.3) is 5.69 Å². The molecule has 0 radical (unpaired) electrons. The van der Waals surface area contributed by atoms with E-state index in [9.17, 15) is 4.79 Å². The molecule has 140 valence electrons. The zero-order valence-corrected chi connectivity index (χ0v) is 17.2. The Bertz CT molecular complexity index is 886. The summed E-state index contributed by atoms with van der Waals surface area (Å²) in [7, 11) is 0. The maximum Gasteiger partial charge on any atom is 0.254 e. The van der Waals surface area contributed by atoms with Crippen LogP contribution in [-0.4, -0.2) is 39.8 Å². The summed E-state index contributed by atoms with van der Waals surface area (Å²) in [5, 5.41) is 6.32. The Morgan fingerprint density at radius 3 is 2.81 bits per heavy atom. The monoisotopic (exact) mass is 445 g/mol. The van der Waals surface area contributed by atoms with E-state index in [2.05, 4.69) is 27.1 Å². The van der Waals surface area contributed by atoms with Gasteiger partial charge in [-0.3, -0.25) is 4.79 Å². The van der Waals surface area contributed by atoms with Crippen molar-refractivity contribution in [3.63, 3.8) is 0 Å². The normalized spacial score (nSPS) is 16.6. The third-order valence-corrected chi connectivity index (χ3v) is 5.86. The SMILES string of the molecule is O=C(c1ccc(-n2cc(Br)cn2)cc1)N(Cc1cccs1)CC1CCCO1. The Morgan fingerprint density at radius 1 is 1.33 bits per heavy atom. The first-order chi connectivity index (χ1) is 13.2. The van der Waals surface area contributed by atoms with Crippen LogP contribution in [0.3, 0.4) is 0 Å². The molecule has 1 aliphatic heterocycles. The first-order valence-corrected chi connectivity index (χ1v) is 10.6. The molecule has 0 bridgehead atoms. The van der Waals surface area contributed by atoms with E-state index in [-0.39, 0.29) is 12.0 Å². The van der Waals surface area contributed by atoms with Crippen LogP contribution in [0.4, 0.5) is 0 Å². The lowest BCUT2D eigenvalue weighted by Gasteiger charge is -2.25. The molecule has 4 rings (SSSR count). The first kappa shape index (κ1) is 18.4. The summed E-state index contributed by atoms with van der Waals surface area (Å²) < 4.78 is 8.45. The van der Waals surface area contributed by atoms with Crippen molar-refractivity contribution in [1.82, 2.24) is 14.7 Å². The summed E-state index contributed by atoms with van der Waals surface area (Å²) in [6.07, 6.45) is 5.84. The van der Waals surface area contributed by atoms with Crippen LogP contribution < -0.4 is 0 Å². The summed E-state index contributed by atoms with van der Waals surface area (Å²) in [6.45, 7) is 2.04. The molecule has 1 unspecified atom stereocenters. The van der Waals surface area contributed by atoms with Gasteiger partial charge in [-0.05, 0) is 64.5 Å². The van der Waals surface area contributed by atoms with Gasteiger partial charge >= 0.3 is 0 Å². The zero-order chi connectivity index (χ0) is 18.6. The number of hydrogen-bond donors (Lipinski definition) is 0. The highest BCUT2D eigenvalue weighted by Crippen LogP contribution is 2.20. The number of halogens is 1. The van der Waals surface area contributed by atoms with Crippen LogP contribution in [0.5, 0.6) is 0 Å². The number of rotatable bonds is 6. The number of aromatic nitrogens is 2. The molecule has 1 fully saturated rings. The van der Waals surface area contributed by atoms with Crippen molar-refractivity contribution < 1.29 is 9.53 Å². The van der Waals surface area contributed by atoms with E-state index in [0.29, 0.717) is 18.7 Å². The molecule has 0 aliphatic carbocycles. The minimum absolute atomic E-state index is 0.0343. The van der Waals surface area contributed by atoms with Gasteiger partial charge in [-0.25, -0.2) is 4.68 Å². The Hall–Kier alpha value is -1.96. The molecule has 0 N–H and O–H groups in total. The highest BCUT2D eigenvalue weighted by molar-refractivity contribution is 9.10. The van der Waals surface area contributed by atoms with Gasteiger partial charge in [0.05, 0.1) is 29.0 Å². The lowest BCUT2D eigenvalue weighted by atomic mass is 10.1. The van der Waals surface area contributed by atoms with E-state index in [0.717, 1.165) is 29.6 Å². The average molecular weight is 446 g/mol. The summed E-state index contributed by atoms with van der Waals surface area (Å²) in [5.41, 5.74) is 1.60. The maximum absolute atomic E-state index is 13.2. The molecule has 1 aromatic carbocycles. The fourth-order valence-corrected chi connectivity index (χ4v) is 4.23. The lowest BCUT2D eigenvalue weighted by molar-refractivity contribution is 0.0509. The van der Waals surface area contributed by atoms with Gasteiger partial charge in [0.1, 0.15) is 0 Å².